The number of nitrogens with zero attached hydrogens (tertiary/aromatic N) is 1. The van der Waals surface area contributed by atoms with Gasteiger partial charge in [-0.15, -0.1) is 0 Å². The molecule has 1 aromatic rings. The summed E-state index contributed by atoms with van der Waals surface area (Å²) in [6, 6.07) is 2.08. The summed E-state index contributed by atoms with van der Waals surface area (Å²) in [6.45, 7) is 2.39. The predicted molar refractivity (Wildman–Crippen MR) is 55.9 cm³/mol. The van der Waals surface area contributed by atoms with E-state index in [1.807, 2.05) is 0 Å². The highest BCUT2D eigenvalue weighted by Gasteiger charge is 2.21. The Morgan fingerprint density at radius 2 is 2.15 bits per heavy atom. The summed E-state index contributed by atoms with van der Waals surface area (Å²) >= 11 is 3.44. The van der Waals surface area contributed by atoms with Crippen LogP contribution in [0.25, 0.3) is 0 Å². The van der Waals surface area contributed by atoms with Crippen LogP contribution in [-0.2, 0) is 0 Å². The summed E-state index contributed by atoms with van der Waals surface area (Å²) < 4.78 is 6.17. The highest BCUT2D eigenvalue weighted by Crippen LogP contribution is 2.33. The van der Waals surface area contributed by atoms with E-state index in [1.165, 1.54) is 31.5 Å². The van der Waals surface area contributed by atoms with Crippen molar-refractivity contribution < 1.29 is 4.42 Å². The summed E-state index contributed by atoms with van der Waals surface area (Å²) in [5.41, 5.74) is 1.34. The standard InChI is InChI=1S/C10H14BrNO/c1-12-5-2-8(3-6-12)9-4-7-13-10(9)11/h4,7-8H,2-3,5-6H2,1H3. The fraction of sp³-hybridized carbons (Fsp3) is 0.600. The number of halogens is 1. The quantitative estimate of drug-likeness (QED) is 0.755. The van der Waals surface area contributed by atoms with Crippen LogP contribution in [0.2, 0.25) is 0 Å². The van der Waals surface area contributed by atoms with Gasteiger partial charge < -0.3 is 9.32 Å². The third-order valence-corrected chi connectivity index (χ3v) is 3.45. The number of piperidine rings is 1. The van der Waals surface area contributed by atoms with Crippen LogP contribution in [0, 0.1) is 0 Å². The van der Waals surface area contributed by atoms with Gasteiger partial charge >= 0.3 is 0 Å². The van der Waals surface area contributed by atoms with Crippen molar-refractivity contribution in [3.63, 3.8) is 0 Å². The molecule has 0 saturated carbocycles. The molecular formula is C10H14BrNO. The maximum atomic E-state index is 5.25. The third kappa shape index (κ3) is 1.97. The first kappa shape index (κ1) is 9.28. The van der Waals surface area contributed by atoms with E-state index in [0.717, 1.165) is 4.67 Å². The van der Waals surface area contributed by atoms with Crippen LogP contribution in [0.1, 0.15) is 24.3 Å². The molecule has 0 atom stereocenters. The smallest absolute Gasteiger partial charge is 0.172 e. The molecule has 0 bridgehead atoms. The SMILES string of the molecule is CN1CCC(c2ccoc2Br)CC1. The number of hydrogen-bond acceptors (Lipinski definition) is 2. The molecule has 1 aromatic heterocycles. The van der Waals surface area contributed by atoms with Crippen LogP contribution in [0.4, 0.5) is 0 Å². The highest BCUT2D eigenvalue weighted by atomic mass is 79.9. The molecule has 2 nitrogen and oxygen atoms in total. The summed E-state index contributed by atoms with van der Waals surface area (Å²) in [7, 11) is 2.18. The van der Waals surface area contributed by atoms with Gasteiger partial charge in [0.05, 0.1) is 6.26 Å². The van der Waals surface area contributed by atoms with Gasteiger partial charge in [0.15, 0.2) is 4.67 Å². The third-order valence-electron chi connectivity index (χ3n) is 2.80. The fourth-order valence-corrected chi connectivity index (χ4v) is 2.48. The molecule has 1 aliphatic heterocycles. The monoisotopic (exact) mass is 243 g/mol. The maximum absolute atomic E-state index is 5.25. The Hall–Kier alpha value is -0.280. The minimum Gasteiger partial charge on any atom is -0.457 e. The minimum absolute atomic E-state index is 0.685. The van der Waals surface area contributed by atoms with E-state index >= 15 is 0 Å². The summed E-state index contributed by atoms with van der Waals surface area (Å²) in [6.07, 6.45) is 4.25. The summed E-state index contributed by atoms with van der Waals surface area (Å²) in [5.74, 6) is 0.685. The molecule has 72 valence electrons. The van der Waals surface area contributed by atoms with Gasteiger partial charge in [0.1, 0.15) is 0 Å². The number of furan rings is 1. The average Bonchev–Trinajstić information content (AvgIpc) is 2.53. The molecule has 0 aromatic carbocycles. The Morgan fingerprint density at radius 3 is 2.69 bits per heavy atom. The second-order valence-electron chi connectivity index (χ2n) is 3.73. The number of rotatable bonds is 1. The van der Waals surface area contributed by atoms with Crippen molar-refractivity contribution in [2.24, 2.45) is 0 Å². The van der Waals surface area contributed by atoms with Crippen LogP contribution in [0.3, 0.4) is 0 Å². The lowest BCUT2D eigenvalue weighted by atomic mass is 9.92. The average molecular weight is 244 g/mol. The molecule has 0 amide bonds. The highest BCUT2D eigenvalue weighted by molar-refractivity contribution is 9.10. The fourth-order valence-electron chi connectivity index (χ4n) is 1.92. The van der Waals surface area contributed by atoms with Crippen LogP contribution in [-0.4, -0.2) is 25.0 Å². The molecule has 1 saturated heterocycles. The first-order valence-electron chi connectivity index (χ1n) is 4.69. The number of hydrogen-bond donors (Lipinski definition) is 0. The van der Waals surface area contributed by atoms with E-state index in [1.54, 1.807) is 6.26 Å². The number of likely N-dealkylation sites (tertiary alicyclic amines) is 1. The topological polar surface area (TPSA) is 16.4 Å². The van der Waals surface area contributed by atoms with E-state index in [0.29, 0.717) is 5.92 Å². The summed E-state index contributed by atoms with van der Waals surface area (Å²) in [5, 5.41) is 0. The molecule has 3 heteroatoms. The van der Waals surface area contributed by atoms with Crippen molar-refractivity contribution in [3.8, 4) is 0 Å². The normalized spacial score (nSPS) is 20.8. The van der Waals surface area contributed by atoms with E-state index in [9.17, 15) is 0 Å². The Morgan fingerprint density at radius 1 is 1.46 bits per heavy atom. The van der Waals surface area contributed by atoms with Gasteiger partial charge in [-0.25, -0.2) is 0 Å². The molecule has 0 N–H and O–H groups in total. The van der Waals surface area contributed by atoms with Gasteiger partial charge in [-0.05, 0) is 60.9 Å². The molecule has 0 radical (unpaired) electrons. The van der Waals surface area contributed by atoms with Gasteiger partial charge in [0, 0.05) is 5.56 Å². The first-order valence-corrected chi connectivity index (χ1v) is 5.48. The zero-order chi connectivity index (χ0) is 9.26. The van der Waals surface area contributed by atoms with Gasteiger partial charge in [-0.3, -0.25) is 0 Å². The van der Waals surface area contributed by atoms with Crippen LogP contribution in [0.15, 0.2) is 21.4 Å². The van der Waals surface area contributed by atoms with E-state index in [-0.39, 0.29) is 0 Å². The van der Waals surface area contributed by atoms with Crippen molar-refractivity contribution in [2.45, 2.75) is 18.8 Å². The Balaban J connectivity index is 2.06. The molecule has 0 aliphatic carbocycles. The van der Waals surface area contributed by atoms with E-state index in [4.69, 9.17) is 4.42 Å². The molecular weight excluding hydrogens is 230 g/mol. The molecule has 1 aliphatic rings. The molecule has 2 heterocycles. The van der Waals surface area contributed by atoms with Gasteiger partial charge in [-0.2, -0.15) is 0 Å². The summed E-state index contributed by atoms with van der Waals surface area (Å²) in [4.78, 5) is 2.38. The van der Waals surface area contributed by atoms with Crippen LogP contribution >= 0.6 is 15.9 Å². The van der Waals surface area contributed by atoms with Crippen LogP contribution < -0.4 is 0 Å². The van der Waals surface area contributed by atoms with Crippen molar-refractivity contribution >= 4 is 15.9 Å². The lowest BCUT2D eigenvalue weighted by Crippen LogP contribution is -2.29. The molecule has 0 spiro atoms. The molecule has 2 rings (SSSR count). The predicted octanol–water partition coefficient (Wildman–Crippen LogP) is 2.85. The van der Waals surface area contributed by atoms with E-state index < -0.39 is 0 Å². The van der Waals surface area contributed by atoms with Crippen molar-refractivity contribution in [2.75, 3.05) is 20.1 Å². The Labute approximate surface area is 87.0 Å². The van der Waals surface area contributed by atoms with Gasteiger partial charge in [-0.1, -0.05) is 0 Å². The van der Waals surface area contributed by atoms with Gasteiger partial charge in [0.2, 0.25) is 0 Å². The van der Waals surface area contributed by atoms with Crippen molar-refractivity contribution in [1.29, 1.82) is 0 Å². The minimum atomic E-state index is 0.685. The second-order valence-corrected chi connectivity index (χ2v) is 4.45. The molecule has 1 fully saturated rings. The maximum Gasteiger partial charge on any atom is 0.172 e. The Kier molecular flexibility index (Phi) is 2.74. The van der Waals surface area contributed by atoms with Crippen molar-refractivity contribution in [3.05, 3.63) is 22.6 Å². The Bertz CT molecular complexity index is 276. The molecule has 0 unspecified atom stereocenters. The van der Waals surface area contributed by atoms with Crippen LogP contribution in [0.5, 0.6) is 0 Å². The lowest BCUT2D eigenvalue weighted by Gasteiger charge is -2.28. The zero-order valence-electron chi connectivity index (χ0n) is 7.79. The lowest BCUT2D eigenvalue weighted by molar-refractivity contribution is 0.254. The van der Waals surface area contributed by atoms with Crippen molar-refractivity contribution in [1.82, 2.24) is 4.90 Å². The van der Waals surface area contributed by atoms with E-state index in [2.05, 4.69) is 33.9 Å². The zero-order valence-corrected chi connectivity index (χ0v) is 9.38. The second kappa shape index (κ2) is 3.84. The van der Waals surface area contributed by atoms with Gasteiger partial charge in [0.25, 0.3) is 0 Å². The largest absolute Gasteiger partial charge is 0.457 e. The molecule has 13 heavy (non-hydrogen) atoms. The first-order chi connectivity index (χ1) is 6.27.